The third kappa shape index (κ3) is 6.69. The Labute approximate surface area is 133 Å². The third-order valence-corrected chi connectivity index (χ3v) is 4.91. The molecule has 0 amide bonds. The van der Waals surface area contributed by atoms with Gasteiger partial charge < -0.3 is 10.0 Å². The molecular weight excluding hydrogens is 258 g/mol. The lowest BCUT2D eigenvalue weighted by Gasteiger charge is -2.42. The van der Waals surface area contributed by atoms with Crippen molar-refractivity contribution in [1.29, 1.82) is 0 Å². The highest BCUT2D eigenvalue weighted by atomic mass is 16.3. The fourth-order valence-corrected chi connectivity index (χ4v) is 3.82. The van der Waals surface area contributed by atoms with Gasteiger partial charge in [-0.25, -0.2) is 0 Å². The van der Waals surface area contributed by atoms with Crippen molar-refractivity contribution >= 4 is 0 Å². The quantitative estimate of drug-likeness (QED) is 0.784. The van der Waals surface area contributed by atoms with Crippen molar-refractivity contribution in [2.24, 2.45) is 29.1 Å². The minimum atomic E-state index is -0.0922. The third-order valence-electron chi connectivity index (χ3n) is 4.91. The van der Waals surface area contributed by atoms with Crippen molar-refractivity contribution < 1.29 is 5.11 Å². The summed E-state index contributed by atoms with van der Waals surface area (Å²) < 4.78 is 0. The van der Waals surface area contributed by atoms with Crippen molar-refractivity contribution in [2.75, 3.05) is 19.6 Å². The number of hydrogen-bond acceptors (Lipinski definition) is 2. The second kappa shape index (κ2) is 7.97. The molecule has 1 N–H and O–H groups in total. The average molecular weight is 298 g/mol. The Morgan fingerprint density at radius 2 is 1.52 bits per heavy atom. The van der Waals surface area contributed by atoms with Crippen LogP contribution in [0.3, 0.4) is 0 Å². The van der Waals surface area contributed by atoms with E-state index in [1.807, 2.05) is 0 Å². The van der Waals surface area contributed by atoms with E-state index in [2.05, 4.69) is 53.4 Å². The molecule has 1 fully saturated rings. The van der Waals surface area contributed by atoms with Crippen LogP contribution in [0.15, 0.2) is 0 Å². The van der Waals surface area contributed by atoms with E-state index in [9.17, 15) is 5.11 Å². The molecule has 0 spiro atoms. The minimum absolute atomic E-state index is 0.0922. The highest BCUT2D eigenvalue weighted by molar-refractivity contribution is 4.87. The van der Waals surface area contributed by atoms with Crippen LogP contribution in [0.1, 0.15) is 67.7 Å². The Kier molecular flexibility index (Phi) is 7.19. The van der Waals surface area contributed by atoms with E-state index < -0.39 is 0 Å². The number of aliphatic hydroxyl groups is 1. The first-order valence-electron chi connectivity index (χ1n) is 9.00. The summed E-state index contributed by atoms with van der Waals surface area (Å²) in [5.74, 6) is 2.61. The van der Waals surface area contributed by atoms with Gasteiger partial charge in [0.1, 0.15) is 0 Å². The van der Waals surface area contributed by atoms with Gasteiger partial charge in [-0.3, -0.25) is 0 Å². The van der Waals surface area contributed by atoms with E-state index in [1.54, 1.807) is 0 Å². The molecule has 1 aliphatic carbocycles. The maximum absolute atomic E-state index is 10.4. The zero-order valence-electron chi connectivity index (χ0n) is 15.5. The Balaban J connectivity index is 2.66. The molecule has 0 aromatic rings. The molecule has 3 atom stereocenters. The van der Waals surface area contributed by atoms with Crippen LogP contribution in [0, 0.1) is 29.1 Å². The monoisotopic (exact) mass is 297 g/mol. The number of hydrogen-bond donors (Lipinski definition) is 1. The van der Waals surface area contributed by atoms with Gasteiger partial charge in [0.05, 0.1) is 6.10 Å². The Morgan fingerprint density at radius 3 is 1.95 bits per heavy atom. The van der Waals surface area contributed by atoms with Crippen LogP contribution >= 0.6 is 0 Å². The van der Waals surface area contributed by atoms with E-state index in [0.717, 1.165) is 32.0 Å². The summed E-state index contributed by atoms with van der Waals surface area (Å²) in [6.45, 7) is 19.6. The van der Waals surface area contributed by atoms with E-state index >= 15 is 0 Å². The molecule has 0 radical (unpaired) electrons. The largest absolute Gasteiger partial charge is 0.393 e. The maximum Gasteiger partial charge on any atom is 0.0580 e. The number of rotatable bonds is 6. The summed E-state index contributed by atoms with van der Waals surface area (Å²) in [6.07, 6.45) is 3.28. The maximum atomic E-state index is 10.4. The smallest absolute Gasteiger partial charge is 0.0580 e. The molecular formula is C19H39NO. The summed E-state index contributed by atoms with van der Waals surface area (Å²) in [7, 11) is 0. The highest BCUT2D eigenvalue weighted by Crippen LogP contribution is 2.40. The van der Waals surface area contributed by atoms with Crippen LogP contribution in [-0.4, -0.2) is 35.7 Å². The molecule has 2 nitrogen and oxygen atoms in total. The fourth-order valence-electron chi connectivity index (χ4n) is 3.82. The lowest BCUT2D eigenvalue weighted by Crippen LogP contribution is -2.43. The van der Waals surface area contributed by atoms with E-state index in [1.165, 1.54) is 12.8 Å². The van der Waals surface area contributed by atoms with Gasteiger partial charge in [-0.15, -0.1) is 0 Å². The van der Waals surface area contributed by atoms with Crippen LogP contribution in [-0.2, 0) is 0 Å². The predicted molar refractivity (Wildman–Crippen MR) is 92.4 cm³/mol. The van der Waals surface area contributed by atoms with Gasteiger partial charge in [0.15, 0.2) is 0 Å². The van der Waals surface area contributed by atoms with Gasteiger partial charge in [0.2, 0.25) is 0 Å². The summed E-state index contributed by atoms with van der Waals surface area (Å²) in [5.41, 5.74) is 0.374. The van der Waals surface area contributed by atoms with Gasteiger partial charge in [-0.1, -0.05) is 48.5 Å². The first-order chi connectivity index (χ1) is 9.59. The Bertz CT molecular complexity index is 282. The standard InChI is InChI=1S/C19H39NO/c1-14(2)11-20(12-15(3)4)13-16-10-17(19(5,6)7)8-9-18(16)21/h14-18,21H,8-13H2,1-7H3. The Morgan fingerprint density at radius 1 is 1.00 bits per heavy atom. The summed E-state index contributed by atoms with van der Waals surface area (Å²) in [6, 6.07) is 0. The van der Waals surface area contributed by atoms with Gasteiger partial charge in [-0.2, -0.15) is 0 Å². The van der Waals surface area contributed by atoms with Crippen molar-refractivity contribution in [3.63, 3.8) is 0 Å². The zero-order valence-corrected chi connectivity index (χ0v) is 15.5. The highest BCUT2D eigenvalue weighted by Gasteiger charge is 2.35. The van der Waals surface area contributed by atoms with Crippen LogP contribution < -0.4 is 0 Å². The van der Waals surface area contributed by atoms with Crippen molar-refractivity contribution in [1.82, 2.24) is 4.90 Å². The van der Waals surface area contributed by atoms with E-state index in [4.69, 9.17) is 0 Å². The zero-order chi connectivity index (χ0) is 16.2. The van der Waals surface area contributed by atoms with Gasteiger partial charge in [0, 0.05) is 19.6 Å². The molecule has 0 bridgehead atoms. The lowest BCUT2D eigenvalue weighted by atomic mass is 9.68. The van der Waals surface area contributed by atoms with Crippen LogP contribution in [0.4, 0.5) is 0 Å². The molecule has 0 aliphatic heterocycles. The van der Waals surface area contributed by atoms with Crippen molar-refractivity contribution in [3.05, 3.63) is 0 Å². The first kappa shape index (κ1) is 19.0. The molecule has 126 valence electrons. The molecule has 0 heterocycles. The fraction of sp³-hybridized carbons (Fsp3) is 1.00. The van der Waals surface area contributed by atoms with Gasteiger partial charge >= 0.3 is 0 Å². The number of nitrogens with zero attached hydrogens (tertiary/aromatic N) is 1. The molecule has 1 saturated carbocycles. The summed E-state index contributed by atoms with van der Waals surface area (Å²) in [5, 5.41) is 10.4. The molecule has 2 heteroatoms. The second-order valence-electron chi connectivity index (χ2n) is 9.21. The Hall–Kier alpha value is -0.0800. The molecule has 0 saturated heterocycles. The van der Waals surface area contributed by atoms with E-state index in [0.29, 0.717) is 23.2 Å². The summed E-state index contributed by atoms with van der Waals surface area (Å²) in [4.78, 5) is 2.59. The van der Waals surface area contributed by atoms with Gasteiger partial charge in [-0.05, 0) is 48.3 Å². The van der Waals surface area contributed by atoms with Crippen LogP contribution in [0.2, 0.25) is 0 Å². The topological polar surface area (TPSA) is 23.5 Å². The normalized spacial score (nSPS) is 27.9. The van der Waals surface area contributed by atoms with Crippen molar-refractivity contribution in [3.8, 4) is 0 Å². The molecule has 1 rings (SSSR count). The molecule has 21 heavy (non-hydrogen) atoms. The number of aliphatic hydroxyl groups excluding tert-OH is 1. The predicted octanol–water partition coefficient (Wildman–Crippen LogP) is 4.42. The molecule has 0 aromatic heterocycles. The van der Waals surface area contributed by atoms with Crippen molar-refractivity contribution in [2.45, 2.75) is 73.8 Å². The SMILES string of the molecule is CC(C)CN(CC(C)C)CC1CC(C(C)(C)C)CCC1O. The second-order valence-corrected chi connectivity index (χ2v) is 9.21. The van der Waals surface area contributed by atoms with Gasteiger partial charge in [0.25, 0.3) is 0 Å². The molecule has 3 unspecified atom stereocenters. The average Bonchev–Trinajstić information content (AvgIpc) is 2.28. The molecule has 0 aromatic carbocycles. The summed E-state index contributed by atoms with van der Waals surface area (Å²) >= 11 is 0. The van der Waals surface area contributed by atoms with Crippen LogP contribution in [0.5, 0.6) is 0 Å². The van der Waals surface area contributed by atoms with Crippen LogP contribution in [0.25, 0.3) is 0 Å². The first-order valence-corrected chi connectivity index (χ1v) is 9.00. The van der Waals surface area contributed by atoms with E-state index in [-0.39, 0.29) is 6.10 Å². The lowest BCUT2D eigenvalue weighted by molar-refractivity contribution is 0.000236. The molecule has 1 aliphatic rings. The minimum Gasteiger partial charge on any atom is -0.393 e.